The molecule has 2 nitrogen and oxygen atoms in total. The van der Waals surface area contributed by atoms with Gasteiger partial charge in [0.05, 0.1) is 0 Å². The summed E-state index contributed by atoms with van der Waals surface area (Å²) in [7, 11) is 0. The molecular formula is C15H23NOS. The first kappa shape index (κ1) is 15.1. The highest BCUT2D eigenvalue weighted by atomic mass is 32.2. The van der Waals surface area contributed by atoms with Crippen LogP contribution in [0.5, 0.6) is 0 Å². The molecule has 1 aromatic rings. The lowest BCUT2D eigenvalue weighted by atomic mass is 10.3. The molecule has 1 rings (SSSR count). The average Bonchev–Trinajstić information content (AvgIpc) is 2.40. The Kier molecular flexibility index (Phi) is 7.58. The molecule has 0 N–H and O–H groups in total. The summed E-state index contributed by atoms with van der Waals surface area (Å²) in [4.78, 5) is 15.2. The van der Waals surface area contributed by atoms with Crippen molar-refractivity contribution in [3.05, 3.63) is 30.3 Å². The lowest BCUT2D eigenvalue weighted by molar-refractivity contribution is 0.221. The van der Waals surface area contributed by atoms with Crippen molar-refractivity contribution in [1.82, 2.24) is 4.90 Å². The summed E-state index contributed by atoms with van der Waals surface area (Å²) in [6.45, 7) is 6.09. The summed E-state index contributed by atoms with van der Waals surface area (Å²) in [6.07, 6.45) is 4.44. The molecule has 0 fully saturated rings. The van der Waals surface area contributed by atoms with Crippen molar-refractivity contribution >= 4 is 17.0 Å². The average molecular weight is 265 g/mol. The Bertz CT molecular complexity index is 332. The number of hydrogen-bond acceptors (Lipinski definition) is 2. The zero-order chi connectivity index (χ0) is 13.2. The van der Waals surface area contributed by atoms with E-state index in [-0.39, 0.29) is 5.24 Å². The van der Waals surface area contributed by atoms with E-state index in [1.54, 1.807) is 0 Å². The predicted octanol–water partition coefficient (Wildman–Crippen LogP) is 4.80. The van der Waals surface area contributed by atoms with Gasteiger partial charge < -0.3 is 4.90 Å². The lowest BCUT2D eigenvalue weighted by Crippen LogP contribution is -2.29. The van der Waals surface area contributed by atoms with Crippen LogP contribution in [0.4, 0.5) is 4.79 Å². The minimum Gasteiger partial charge on any atom is -0.333 e. The normalized spacial score (nSPS) is 10.3. The fourth-order valence-electron chi connectivity index (χ4n) is 1.65. The smallest absolute Gasteiger partial charge is 0.286 e. The largest absolute Gasteiger partial charge is 0.333 e. The van der Waals surface area contributed by atoms with Crippen LogP contribution in [0.25, 0.3) is 0 Å². The van der Waals surface area contributed by atoms with Crippen LogP contribution in [-0.4, -0.2) is 23.2 Å². The number of amides is 1. The summed E-state index contributed by atoms with van der Waals surface area (Å²) < 4.78 is 0. The van der Waals surface area contributed by atoms with E-state index in [1.165, 1.54) is 11.8 Å². The predicted molar refractivity (Wildman–Crippen MR) is 79.1 cm³/mol. The molecule has 0 atom stereocenters. The fraction of sp³-hybridized carbons (Fsp3) is 0.533. The van der Waals surface area contributed by atoms with Crippen molar-refractivity contribution < 1.29 is 4.79 Å². The van der Waals surface area contributed by atoms with Crippen molar-refractivity contribution in [1.29, 1.82) is 0 Å². The highest BCUT2D eigenvalue weighted by molar-refractivity contribution is 8.13. The van der Waals surface area contributed by atoms with Crippen molar-refractivity contribution in [2.24, 2.45) is 0 Å². The van der Waals surface area contributed by atoms with E-state index in [1.807, 2.05) is 35.2 Å². The van der Waals surface area contributed by atoms with Gasteiger partial charge in [-0.2, -0.15) is 0 Å². The molecule has 0 aliphatic heterocycles. The summed E-state index contributed by atoms with van der Waals surface area (Å²) in [5.41, 5.74) is 0. The van der Waals surface area contributed by atoms with E-state index in [2.05, 4.69) is 13.8 Å². The van der Waals surface area contributed by atoms with Crippen LogP contribution in [0.3, 0.4) is 0 Å². The van der Waals surface area contributed by atoms with Gasteiger partial charge in [-0.25, -0.2) is 0 Å². The Balaban J connectivity index is 2.52. The molecule has 0 aliphatic rings. The number of carbonyl (C=O) groups excluding carboxylic acids is 1. The monoisotopic (exact) mass is 265 g/mol. The standard InChI is InChI=1S/C15H23NOS/c1-3-5-12-16(13-6-4-2)15(17)18-14-10-8-7-9-11-14/h7-11H,3-6,12-13H2,1-2H3. The van der Waals surface area contributed by atoms with Gasteiger partial charge in [-0.05, 0) is 36.7 Å². The molecule has 1 aromatic carbocycles. The Hall–Kier alpha value is -0.960. The van der Waals surface area contributed by atoms with Gasteiger partial charge in [0.2, 0.25) is 0 Å². The maximum Gasteiger partial charge on any atom is 0.286 e. The zero-order valence-electron chi connectivity index (χ0n) is 11.4. The summed E-state index contributed by atoms with van der Waals surface area (Å²) in [5, 5.41) is 0.183. The topological polar surface area (TPSA) is 20.3 Å². The molecule has 0 bridgehead atoms. The first-order valence-corrected chi connectivity index (χ1v) is 7.61. The number of benzene rings is 1. The minimum absolute atomic E-state index is 0.183. The van der Waals surface area contributed by atoms with Crippen LogP contribution >= 0.6 is 11.8 Å². The van der Waals surface area contributed by atoms with E-state index in [0.717, 1.165) is 43.7 Å². The second-order valence-electron chi connectivity index (χ2n) is 4.38. The second-order valence-corrected chi connectivity index (χ2v) is 5.40. The molecule has 0 unspecified atom stereocenters. The summed E-state index contributed by atoms with van der Waals surface area (Å²) >= 11 is 1.34. The van der Waals surface area contributed by atoms with E-state index in [9.17, 15) is 4.79 Å². The molecule has 0 aromatic heterocycles. The van der Waals surface area contributed by atoms with Crippen molar-refractivity contribution in [2.75, 3.05) is 13.1 Å². The first-order valence-electron chi connectivity index (χ1n) is 6.79. The number of hydrogen-bond donors (Lipinski definition) is 0. The molecule has 3 heteroatoms. The zero-order valence-corrected chi connectivity index (χ0v) is 12.2. The van der Waals surface area contributed by atoms with Gasteiger partial charge in [-0.1, -0.05) is 44.9 Å². The van der Waals surface area contributed by atoms with Gasteiger partial charge in [0.15, 0.2) is 0 Å². The fourth-order valence-corrected chi connectivity index (χ4v) is 2.45. The van der Waals surface area contributed by atoms with Crippen LogP contribution in [0, 0.1) is 0 Å². The number of unbranched alkanes of at least 4 members (excludes halogenated alkanes) is 2. The summed E-state index contributed by atoms with van der Waals surface area (Å²) in [5.74, 6) is 0. The molecule has 0 heterocycles. The molecule has 0 radical (unpaired) electrons. The molecular weight excluding hydrogens is 242 g/mol. The third-order valence-corrected chi connectivity index (χ3v) is 3.71. The highest BCUT2D eigenvalue weighted by Gasteiger charge is 2.13. The quantitative estimate of drug-likeness (QED) is 0.660. The molecule has 0 aliphatic carbocycles. The Labute approximate surface area is 115 Å². The van der Waals surface area contributed by atoms with Crippen LogP contribution < -0.4 is 0 Å². The number of nitrogens with zero attached hydrogens (tertiary/aromatic N) is 1. The number of thioether (sulfide) groups is 1. The van der Waals surface area contributed by atoms with Crippen molar-refractivity contribution in [3.8, 4) is 0 Å². The molecule has 1 amide bonds. The maximum absolute atomic E-state index is 12.2. The maximum atomic E-state index is 12.2. The Morgan fingerprint density at radius 3 is 2.11 bits per heavy atom. The molecule has 18 heavy (non-hydrogen) atoms. The lowest BCUT2D eigenvalue weighted by Gasteiger charge is -2.21. The molecule has 0 saturated carbocycles. The molecule has 0 spiro atoms. The molecule has 100 valence electrons. The van der Waals surface area contributed by atoms with E-state index in [4.69, 9.17) is 0 Å². The van der Waals surface area contributed by atoms with Crippen molar-refractivity contribution in [3.63, 3.8) is 0 Å². The van der Waals surface area contributed by atoms with Gasteiger partial charge in [0.25, 0.3) is 5.24 Å². The first-order chi connectivity index (χ1) is 8.77. The Morgan fingerprint density at radius 2 is 1.61 bits per heavy atom. The SMILES string of the molecule is CCCCN(CCCC)C(=O)Sc1ccccc1. The van der Waals surface area contributed by atoms with E-state index < -0.39 is 0 Å². The van der Waals surface area contributed by atoms with Gasteiger partial charge in [0, 0.05) is 18.0 Å². The highest BCUT2D eigenvalue weighted by Crippen LogP contribution is 2.21. The minimum atomic E-state index is 0.183. The van der Waals surface area contributed by atoms with Crippen LogP contribution in [0.2, 0.25) is 0 Å². The van der Waals surface area contributed by atoms with Crippen LogP contribution in [0.1, 0.15) is 39.5 Å². The van der Waals surface area contributed by atoms with E-state index >= 15 is 0 Å². The van der Waals surface area contributed by atoms with Crippen molar-refractivity contribution in [2.45, 2.75) is 44.4 Å². The van der Waals surface area contributed by atoms with Crippen LogP contribution in [0.15, 0.2) is 35.2 Å². The summed E-state index contributed by atoms with van der Waals surface area (Å²) in [6, 6.07) is 9.89. The van der Waals surface area contributed by atoms with Gasteiger partial charge in [-0.3, -0.25) is 4.79 Å². The van der Waals surface area contributed by atoms with E-state index in [0.29, 0.717) is 0 Å². The molecule has 0 saturated heterocycles. The number of rotatable bonds is 7. The van der Waals surface area contributed by atoms with Gasteiger partial charge in [0.1, 0.15) is 0 Å². The van der Waals surface area contributed by atoms with Gasteiger partial charge in [-0.15, -0.1) is 0 Å². The second kappa shape index (κ2) is 9.03. The number of carbonyl (C=O) groups is 1. The third kappa shape index (κ3) is 5.58. The van der Waals surface area contributed by atoms with Crippen LogP contribution in [-0.2, 0) is 0 Å². The van der Waals surface area contributed by atoms with Gasteiger partial charge >= 0.3 is 0 Å². The third-order valence-electron chi connectivity index (χ3n) is 2.77. The Morgan fingerprint density at radius 1 is 1.06 bits per heavy atom.